The first-order chi connectivity index (χ1) is 16.0. The average Bonchev–Trinajstić information content (AvgIpc) is 2.86. The molecule has 4 rings (SSSR count). The van der Waals surface area contributed by atoms with E-state index in [-0.39, 0.29) is 17.9 Å². The highest BCUT2D eigenvalue weighted by Gasteiger charge is 2.32. The van der Waals surface area contributed by atoms with Crippen molar-refractivity contribution in [2.75, 3.05) is 31.1 Å². The molecule has 0 aliphatic carbocycles. The van der Waals surface area contributed by atoms with Gasteiger partial charge in [0, 0.05) is 37.6 Å². The van der Waals surface area contributed by atoms with E-state index < -0.39 is 6.10 Å². The van der Waals surface area contributed by atoms with E-state index in [0.29, 0.717) is 25.1 Å². The van der Waals surface area contributed by atoms with Crippen molar-refractivity contribution in [3.05, 3.63) is 64.7 Å². The minimum Gasteiger partial charge on any atom is -0.481 e. The van der Waals surface area contributed by atoms with Crippen LogP contribution in [0.5, 0.6) is 5.75 Å². The van der Waals surface area contributed by atoms with Crippen LogP contribution in [0.2, 0.25) is 0 Å². The number of fused-ring (bicyclic) bond motifs is 1. The lowest BCUT2D eigenvalue weighted by atomic mass is 9.87. The molecule has 1 fully saturated rings. The zero-order valence-electron chi connectivity index (χ0n) is 19.9. The maximum Gasteiger partial charge on any atom is 0.263 e. The van der Waals surface area contributed by atoms with Gasteiger partial charge in [0.15, 0.2) is 6.10 Å². The van der Waals surface area contributed by atoms with Crippen molar-refractivity contribution in [1.82, 2.24) is 9.80 Å². The van der Waals surface area contributed by atoms with Crippen molar-refractivity contribution >= 4 is 23.6 Å². The van der Waals surface area contributed by atoms with Gasteiger partial charge in [-0.05, 0) is 48.6 Å². The van der Waals surface area contributed by atoms with E-state index in [2.05, 4.69) is 43.3 Å². The molecule has 2 heterocycles. The summed E-state index contributed by atoms with van der Waals surface area (Å²) in [5, 5.41) is 0. The Bertz CT molecular complexity index is 985. The predicted octanol–water partition coefficient (Wildman–Crippen LogP) is 4.61. The van der Waals surface area contributed by atoms with Crippen LogP contribution in [0.3, 0.4) is 0 Å². The fraction of sp³-hybridized carbons (Fsp3) is 0.481. The molecule has 0 radical (unpaired) electrons. The van der Waals surface area contributed by atoms with E-state index in [1.807, 2.05) is 41.5 Å². The zero-order valence-corrected chi connectivity index (χ0v) is 20.7. The summed E-state index contributed by atoms with van der Waals surface area (Å²) >= 11 is 1.89. The van der Waals surface area contributed by atoms with Gasteiger partial charge in [-0.15, -0.1) is 0 Å². The molecule has 0 N–H and O–H groups in total. The van der Waals surface area contributed by atoms with Crippen LogP contribution in [0.1, 0.15) is 55.0 Å². The van der Waals surface area contributed by atoms with Crippen molar-refractivity contribution in [2.45, 2.75) is 52.2 Å². The summed E-state index contributed by atoms with van der Waals surface area (Å²) in [6.07, 6.45) is 1.45. The molecule has 2 amide bonds. The molecule has 6 heteroatoms. The van der Waals surface area contributed by atoms with Crippen LogP contribution in [-0.4, -0.2) is 58.9 Å². The molecular formula is C27H34N2O3S. The van der Waals surface area contributed by atoms with Crippen LogP contribution in [0, 0.1) is 6.92 Å². The maximum absolute atomic E-state index is 13.1. The molecule has 0 aromatic heterocycles. The molecule has 5 nitrogen and oxygen atoms in total. The van der Waals surface area contributed by atoms with Crippen molar-refractivity contribution in [2.24, 2.45) is 0 Å². The van der Waals surface area contributed by atoms with E-state index in [1.54, 1.807) is 0 Å². The van der Waals surface area contributed by atoms with Gasteiger partial charge >= 0.3 is 0 Å². The minimum atomic E-state index is -0.485. The highest BCUT2D eigenvalue weighted by molar-refractivity contribution is 7.99. The number of aryl methyl sites for hydroxylation is 1. The van der Waals surface area contributed by atoms with Gasteiger partial charge < -0.3 is 14.5 Å². The molecule has 2 unspecified atom stereocenters. The lowest BCUT2D eigenvalue weighted by molar-refractivity contribution is -0.138. The molecule has 1 saturated heterocycles. The fourth-order valence-electron chi connectivity index (χ4n) is 4.71. The number of amides is 2. The lowest BCUT2D eigenvalue weighted by Gasteiger charge is -2.38. The van der Waals surface area contributed by atoms with Gasteiger partial charge in [0.05, 0.1) is 6.04 Å². The zero-order chi connectivity index (χ0) is 23.4. The standard InChI is InChI=1S/C27H34N2O3S/c1-4-24(27(31)28-14-16-33-17-15-28)32-22-11-10-20-12-13-29(25(30)5-2)26(23(20)18-22)21-8-6-19(3)7-9-21/h6-11,18,24,26H,4-5,12-17H2,1-3H3. The lowest BCUT2D eigenvalue weighted by Crippen LogP contribution is -2.45. The highest BCUT2D eigenvalue weighted by Crippen LogP contribution is 2.38. The second kappa shape index (κ2) is 10.6. The molecule has 2 atom stereocenters. The van der Waals surface area contributed by atoms with Crippen LogP contribution in [-0.2, 0) is 16.0 Å². The number of rotatable bonds is 6. The van der Waals surface area contributed by atoms with Crippen LogP contribution >= 0.6 is 11.8 Å². The van der Waals surface area contributed by atoms with Crippen molar-refractivity contribution < 1.29 is 14.3 Å². The molecule has 0 spiro atoms. The largest absolute Gasteiger partial charge is 0.481 e. The number of benzene rings is 2. The Labute approximate surface area is 201 Å². The Kier molecular flexibility index (Phi) is 7.63. The van der Waals surface area contributed by atoms with Crippen LogP contribution < -0.4 is 4.74 Å². The molecule has 2 aromatic carbocycles. The molecule has 0 saturated carbocycles. The molecular weight excluding hydrogens is 432 g/mol. The molecule has 33 heavy (non-hydrogen) atoms. The van der Waals surface area contributed by atoms with Gasteiger partial charge in [0.1, 0.15) is 5.75 Å². The van der Waals surface area contributed by atoms with Crippen molar-refractivity contribution in [1.29, 1.82) is 0 Å². The summed E-state index contributed by atoms with van der Waals surface area (Å²) in [6.45, 7) is 8.27. The predicted molar refractivity (Wildman–Crippen MR) is 134 cm³/mol. The number of thioether (sulfide) groups is 1. The summed E-state index contributed by atoms with van der Waals surface area (Å²) in [5.74, 6) is 2.90. The Morgan fingerprint density at radius 2 is 1.79 bits per heavy atom. The first-order valence-corrected chi connectivity index (χ1v) is 13.2. The highest BCUT2D eigenvalue weighted by atomic mass is 32.2. The van der Waals surface area contributed by atoms with Crippen LogP contribution in [0.4, 0.5) is 0 Å². The van der Waals surface area contributed by atoms with Crippen molar-refractivity contribution in [3.63, 3.8) is 0 Å². The van der Waals surface area contributed by atoms with E-state index in [9.17, 15) is 9.59 Å². The second-order valence-electron chi connectivity index (χ2n) is 8.82. The monoisotopic (exact) mass is 466 g/mol. The Morgan fingerprint density at radius 3 is 2.45 bits per heavy atom. The van der Waals surface area contributed by atoms with Gasteiger partial charge in [-0.25, -0.2) is 0 Å². The van der Waals surface area contributed by atoms with Gasteiger partial charge in [0.25, 0.3) is 5.91 Å². The smallest absolute Gasteiger partial charge is 0.263 e. The summed E-state index contributed by atoms with van der Waals surface area (Å²) < 4.78 is 6.27. The number of ether oxygens (including phenoxy) is 1. The first kappa shape index (κ1) is 23.7. The molecule has 0 bridgehead atoms. The summed E-state index contributed by atoms with van der Waals surface area (Å²) in [7, 11) is 0. The molecule has 176 valence electrons. The topological polar surface area (TPSA) is 49.9 Å². The summed E-state index contributed by atoms with van der Waals surface area (Å²) in [6, 6.07) is 14.4. The third kappa shape index (κ3) is 5.21. The van der Waals surface area contributed by atoms with Crippen molar-refractivity contribution in [3.8, 4) is 5.75 Å². The van der Waals surface area contributed by atoms with Gasteiger partial charge in [-0.3, -0.25) is 9.59 Å². The number of nitrogens with zero attached hydrogens (tertiary/aromatic N) is 2. The van der Waals surface area contributed by atoms with E-state index in [4.69, 9.17) is 4.74 Å². The van der Waals surface area contributed by atoms with Gasteiger partial charge in [-0.1, -0.05) is 49.7 Å². The number of carbonyl (C=O) groups is 2. The van der Waals surface area contributed by atoms with Gasteiger partial charge in [0.2, 0.25) is 5.91 Å². The number of carbonyl (C=O) groups excluding carboxylic acids is 2. The minimum absolute atomic E-state index is 0.0772. The molecule has 2 aliphatic rings. The van der Waals surface area contributed by atoms with E-state index >= 15 is 0 Å². The van der Waals surface area contributed by atoms with Gasteiger partial charge in [-0.2, -0.15) is 11.8 Å². The summed E-state index contributed by atoms with van der Waals surface area (Å²) in [4.78, 5) is 29.8. The van der Waals surface area contributed by atoms with Crippen LogP contribution in [0.25, 0.3) is 0 Å². The maximum atomic E-state index is 13.1. The SMILES string of the molecule is CCC(=O)N1CCc2ccc(OC(CC)C(=O)N3CCSCC3)cc2C1c1ccc(C)cc1. The normalized spacial score (nSPS) is 19.1. The first-order valence-electron chi connectivity index (χ1n) is 12.0. The molecule has 2 aromatic rings. The Morgan fingerprint density at radius 1 is 1.06 bits per heavy atom. The van der Waals surface area contributed by atoms with E-state index in [1.165, 1.54) is 11.1 Å². The fourth-order valence-corrected chi connectivity index (χ4v) is 5.61. The van der Waals surface area contributed by atoms with E-state index in [0.717, 1.165) is 42.1 Å². The Balaban J connectivity index is 1.64. The second-order valence-corrected chi connectivity index (χ2v) is 10.0. The summed E-state index contributed by atoms with van der Waals surface area (Å²) in [5.41, 5.74) is 4.64. The third-order valence-corrected chi connectivity index (χ3v) is 7.55. The molecule has 2 aliphatic heterocycles. The quantitative estimate of drug-likeness (QED) is 0.624. The number of hydrogen-bond acceptors (Lipinski definition) is 4. The Hall–Kier alpha value is -2.47. The van der Waals surface area contributed by atoms with Crippen LogP contribution in [0.15, 0.2) is 42.5 Å². The third-order valence-electron chi connectivity index (χ3n) is 6.61. The number of hydrogen-bond donors (Lipinski definition) is 0. The average molecular weight is 467 g/mol.